The van der Waals surface area contributed by atoms with Gasteiger partial charge >= 0.3 is 0 Å². The Hall–Kier alpha value is -3.89. The molecule has 0 spiro atoms. The summed E-state index contributed by atoms with van der Waals surface area (Å²) in [6, 6.07) is 24.4. The van der Waals surface area contributed by atoms with Crippen molar-refractivity contribution in [3.05, 3.63) is 95.6 Å². The molecule has 1 amide bonds. The Kier molecular flexibility index (Phi) is 13.5. The summed E-state index contributed by atoms with van der Waals surface area (Å²) < 4.78 is 33.7. The molecular formula is C35H44N2O7. The molecule has 44 heavy (non-hydrogen) atoms. The number of rotatable bonds is 17. The molecule has 9 heteroatoms. The van der Waals surface area contributed by atoms with Gasteiger partial charge in [-0.2, -0.15) is 0 Å². The molecule has 1 heterocycles. The van der Waals surface area contributed by atoms with Gasteiger partial charge in [-0.05, 0) is 47.7 Å². The second-order valence-electron chi connectivity index (χ2n) is 10.4. The first-order valence-electron chi connectivity index (χ1n) is 15.0. The number of benzene rings is 3. The largest absolute Gasteiger partial charge is 0.493 e. The van der Waals surface area contributed by atoms with Gasteiger partial charge in [0, 0.05) is 39.4 Å². The Morgan fingerprint density at radius 3 is 2.09 bits per heavy atom. The molecule has 236 valence electrons. The molecule has 1 fully saturated rings. The maximum absolute atomic E-state index is 12.6. The number of ether oxygens (including phenoxy) is 6. The minimum absolute atomic E-state index is 0.0280. The number of likely N-dealkylation sites (tertiary alicyclic amines) is 1. The van der Waals surface area contributed by atoms with Crippen molar-refractivity contribution in [3.8, 4) is 17.2 Å². The highest BCUT2D eigenvalue weighted by Crippen LogP contribution is 2.39. The van der Waals surface area contributed by atoms with E-state index in [1.54, 1.807) is 39.5 Å². The van der Waals surface area contributed by atoms with E-state index in [1.165, 1.54) is 17.2 Å². The molecule has 0 unspecified atom stereocenters. The number of nitrogens with zero attached hydrogens (tertiary/aromatic N) is 1. The lowest BCUT2D eigenvalue weighted by molar-refractivity contribution is -0.116. The number of carbonyl (C=O) groups is 1. The predicted octanol–water partition coefficient (Wildman–Crippen LogP) is 5.10. The van der Waals surface area contributed by atoms with E-state index < -0.39 is 0 Å². The first-order valence-corrected chi connectivity index (χ1v) is 15.0. The lowest BCUT2D eigenvalue weighted by Crippen LogP contribution is -2.41. The zero-order chi connectivity index (χ0) is 31.0. The highest BCUT2D eigenvalue weighted by molar-refractivity contribution is 5.91. The maximum Gasteiger partial charge on any atom is 0.244 e. The third kappa shape index (κ3) is 10.1. The van der Waals surface area contributed by atoms with Gasteiger partial charge in [-0.1, -0.05) is 60.7 Å². The first-order chi connectivity index (χ1) is 21.6. The number of piperidine rings is 1. The first kappa shape index (κ1) is 33.0. The Balaban J connectivity index is 1.22. The van der Waals surface area contributed by atoms with Crippen molar-refractivity contribution in [2.75, 3.05) is 67.5 Å². The van der Waals surface area contributed by atoms with Crippen LogP contribution in [0.5, 0.6) is 17.2 Å². The van der Waals surface area contributed by atoms with Crippen molar-refractivity contribution >= 4 is 12.0 Å². The average Bonchev–Trinajstić information content (AvgIpc) is 3.07. The lowest BCUT2D eigenvalue weighted by atomic mass is 10.00. The highest BCUT2D eigenvalue weighted by Gasteiger charge is 2.24. The van der Waals surface area contributed by atoms with Crippen molar-refractivity contribution in [3.63, 3.8) is 0 Å². The topological polar surface area (TPSA) is 87.7 Å². The van der Waals surface area contributed by atoms with E-state index in [9.17, 15) is 4.79 Å². The fraction of sp³-hybridized carbons (Fsp3) is 0.400. The maximum atomic E-state index is 12.6. The molecule has 0 aromatic heterocycles. The number of hydrogen-bond donors (Lipinski definition) is 1. The number of methoxy groups -OCH3 is 3. The summed E-state index contributed by atoms with van der Waals surface area (Å²) in [5.74, 6) is 1.22. The van der Waals surface area contributed by atoms with E-state index >= 15 is 0 Å². The second kappa shape index (κ2) is 18.0. The minimum atomic E-state index is -0.165. The van der Waals surface area contributed by atoms with Gasteiger partial charge in [0.25, 0.3) is 0 Å². The van der Waals surface area contributed by atoms with Crippen LogP contribution < -0.4 is 19.5 Å². The molecule has 0 atom stereocenters. The van der Waals surface area contributed by atoms with Gasteiger partial charge in [-0.15, -0.1) is 0 Å². The minimum Gasteiger partial charge on any atom is -0.493 e. The quantitative estimate of drug-likeness (QED) is 0.129. The zero-order valence-corrected chi connectivity index (χ0v) is 25.9. The van der Waals surface area contributed by atoms with Crippen LogP contribution in [0.25, 0.3) is 6.08 Å². The van der Waals surface area contributed by atoms with Gasteiger partial charge in [0.1, 0.15) is 6.10 Å². The van der Waals surface area contributed by atoms with Gasteiger partial charge in [0.15, 0.2) is 18.3 Å². The van der Waals surface area contributed by atoms with Crippen LogP contribution in [0.4, 0.5) is 0 Å². The molecule has 9 nitrogen and oxygen atoms in total. The third-order valence-corrected chi connectivity index (χ3v) is 7.42. The molecule has 0 radical (unpaired) electrons. The van der Waals surface area contributed by atoms with Crippen LogP contribution >= 0.6 is 0 Å². The molecule has 1 aliphatic rings. The Morgan fingerprint density at radius 2 is 1.52 bits per heavy atom. The molecule has 3 aromatic carbocycles. The molecule has 1 saturated heterocycles. The second-order valence-corrected chi connectivity index (χ2v) is 10.4. The van der Waals surface area contributed by atoms with Crippen LogP contribution in [-0.2, 0) is 19.0 Å². The summed E-state index contributed by atoms with van der Waals surface area (Å²) in [5, 5.41) is 2.99. The van der Waals surface area contributed by atoms with Crippen LogP contribution in [-0.4, -0.2) is 84.4 Å². The number of nitrogens with one attached hydrogen (secondary N) is 1. The van der Waals surface area contributed by atoms with Crippen LogP contribution in [0.1, 0.15) is 35.6 Å². The van der Waals surface area contributed by atoms with E-state index in [-0.39, 0.29) is 24.9 Å². The van der Waals surface area contributed by atoms with Gasteiger partial charge in [0.05, 0.1) is 33.5 Å². The van der Waals surface area contributed by atoms with Crippen LogP contribution in [0.2, 0.25) is 0 Å². The Morgan fingerprint density at radius 1 is 0.909 bits per heavy atom. The smallest absolute Gasteiger partial charge is 0.244 e. The number of carbonyl (C=O) groups excluding carboxylic acids is 1. The van der Waals surface area contributed by atoms with Gasteiger partial charge in [0.2, 0.25) is 11.7 Å². The summed E-state index contributed by atoms with van der Waals surface area (Å²) in [5.41, 5.74) is 3.08. The van der Waals surface area contributed by atoms with Gasteiger partial charge in [-0.25, -0.2) is 0 Å². The van der Waals surface area contributed by atoms with Crippen molar-refractivity contribution in [2.45, 2.75) is 25.0 Å². The summed E-state index contributed by atoms with van der Waals surface area (Å²) in [6.45, 7) is 4.12. The third-order valence-electron chi connectivity index (χ3n) is 7.42. The summed E-state index contributed by atoms with van der Waals surface area (Å²) in [4.78, 5) is 14.9. The van der Waals surface area contributed by atoms with Crippen LogP contribution in [0.15, 0.2) is 78.9 Å². The van der Waals surface area contributed by atoms with Crippen LogP contribution in [0, 0.1) is 0 Å². The van der Waals surface area contributed by atoms with Crippen molar-refractivity contribution < 1.29 is 33.2 Å². The van der Waals surface area contributed by atoms with Crippen molar-refractivity contribution in [1.82, 2.24) is 10.2 Å². The molecule has 4 rings (SSSR count). The average molecular weight is 605 g/mol. The SMILES string of the molecule is COCCOCOc1c(OC)cc(C=CC(=O)NCCN2CCC(OC(c3ccccc3)c3ccccc3)CC2)cc1OC. The molecule has 3 aromatic rings. The fourth-order valence-electron chi connectivity index (χ4n) is 5.08. The number of amides is 1. The molecule has 1 N–H and O–H groups in total. The van der Waals surface area contributed by atoms with E-state index in [0.29, 0.717) is 37.0 Å². The highest BCUT2D eigenvalue weighted by atomic mass is 16.7. The van der Waals surface area contributed by atoms with E-state index in [4.69, 9.17) is 28.4 Å². The standard InChI is InChI=1S/C35H44N2O7/c1-39-22-23-42-26-43-35-31(40-2)24-27(25-32(35)41-3)14-15-33(38)36-18-21-37-19-16-30(17-20-37)44-34(28-10-6-4-7-11-28)29-12-8-5-9-13-29/h4-15,24-25,30,34H,16-23,26H2,1-3H3,(H,36,38). The van der Waals surface area contributed by atoms with E-state index in [2.05, 4.69) is 58.7 Å². The summed E-state index contributed by atoms with van der Waals surface area (Å²) in [7, 11) is 4.71. The Labute approximate surface area is 260 Å². The normalized spacial score (nSPS) is 14.2. The lowest BCUT2D eigenvalue weighted by Gasteiger charge is -2.34. The van der Waals surface area contributed by atoms with Crippen molar-refractivity contribution in [1.29, 1.82) is 0 Å². The van der Waals surface area contributed by atoms with Crippen LogP contribution in [0.3, 0.4) is 0 Å². The van der Waals surface area contributed by atoms with Gasteiger partial charge in [-0.3, -0.25) is 4.79 Å². The molecule has 0 saturated carbocycles. The molecule has 0 aliphatic carbocycles. The summed E-state index contributed by atoms with van der Waals surface area (Å²) in [6.07, 6.45) is 5.24. The van der Waals surface area contributed by atoms with E-state index in [0.717, 1.165) is 38.0 Å². The van der Waals surface area contributed by atoms with Crippen molar-refractivity contribution in [2.24, 2.45) is 0 Å². The summed E-state index contributed by atoms with van der Waals surface area (Å²) >= 11 is 0. The van der Waals surface area contributed by atoms with Gasteiger partial charge < -0.3 is 38.6 Å². The predicted molar refractivity (Wildman–Crippen MR) is 170 cm³/mol. The zero-order valence-electron chi connectivity index (χ0n) is 25.9. The number of hydrogen-bond acceptors (Lipinski definition) is 8. The molecule has 0 bridgehead atoms. The fourth-order valence-corrected chi connectivity index (χ4v) is 5.08. The Bertz CT molecular complexity index is 1230. The molecular weight excluding hydrogens is 560 g/mol. The monoisotopic (exact) mass is 604 g/mol. The molecule has 1 aliphatic heterocycles. The van der Waals surface area contributed by atoms with E-state index in [1.807, 2.05) is 12.1 Å².